The lowest BCUT2D eigenvalue weighted by Gasteiger charge is -2.34. The zero-order valence-corrected chi connectivity index (χ0v) is 40.5. The van der Waals surface area contributed by atoms with Gasteiger partial charge in [-0.15, -0.1) is 0 Å². The number of anilines is 1. The van der Waals surface area contributed by atoms with E-state index in [4.69, 9.17) is 33.4 Å². The summed E-state index contributed by atoms with van der Waals surface area (Å²) in [6.45, 7) is 21.8. The molecule has 1 heterocycles. The van der Waals surface area contributed by atoms with Crippen molar-refractivity contribution in [1.29, 1.82) is 0 Å². The maximum Gasteiger partial charge on any atom is 0.343 e. The second-order valence-corrected chi connectivity index (χ2v) is 19.6. The third-order valence-corrected chi connectivity index (χ3v) is 11.2. The number of carbonyl (C=O) groups is 4. The summed E-state index contributed by atoms with van der Waals surface area (Å²) < 4.78 is 36.0. The molecule has 68 heavy (non-hydrogen) atoms. The van der Waals surface area contributed by atoms with E-state index >= 15 is 0 Å². The standard InChI is InChI=1S/C54H57N3O10S/c1-11-45(58)66-53(7,8)33-51(3,4)64-40-23-18-37(19-24-40)48(60)62-30-29-35-17-27-43(39(31-35)32-55-57-50-56-47-42-16-14-13-15-36(42)22-28-44(47)68-50)63-49(61)38-20-25-41(26-21-38)65-52(5,6)34-54(9,10)67-46(59)12-2/h11-28,31-32H,1-2,29-30,33-34H2,3-10H3,(H,56,57)/b55-32+. The topological polar surface area (TPSA) is 161 Å². The Balaban J connectivity index is 1.12. The van der Waals surface area contributed by atoms with Gasteiger partial charge in [0, 0.05) is 42.4 Å². The number of hydrogen-bond donors (Lipinski definition) is 1. The number of rotatable bonds is 21. The minimum Gasteiger partial charge on any atom is -0.488 e. The highest BCUT2D eigenvalue weighted by molar-refractivity contribution is 7.22. The van der Waals surface area contributed by atoms with Gasteiger partial charge in [-0.25, -0.2) is 24.2 Å². The second-order valence-electron chi connectivity index (χ2n) is 18.6. The predicted molar refractivity (Wildman–Crippen MR) is 266 cm³/mol. The summed E-state index contributed by atoms with van der Waals surface area (Å²) in [5.74, 6) is -0.835. The molecule has 0 atom stereocenters. The maximum atomic E-state index is 13.6. The Hall–Kier alpha value is -7.32. The zero-order valence-electron chi connectivity index (χ0n) is 39.7. The van der Waals surface area contributed by atoms with Crippen LogP contribution in [0.4, 0.5) is 5.13 Å². The van der Waals surface area contributed by atoms with E-state index in [1.165, 1.54) is 11.3 Å². The number of thiazole rings is 1. The molecule has 0 radical (unpaired) electrons. The highest BCUT2D eigenvalue weighted by Gasteiger charge is 2.34. The predicted octanol–water partition coefficient (Wildman–Crippen LogP) is 11.6. The van der Waals surface area contributed by atoms with Crippen LogP contribution < -0.4 is 19.6 Å². The average Bonchev–Trinajstić information content (AvgIpc) is 3.69. The molecule has 0 unspecified atom stereocenters. The summed E-state index contributed by atoms with van der Waals surface area (Å²) in [7, 11) is 0. The van der Waals surface area contributed by atoms with Crippen molar-refractivity contribution in [3.05, 3.63) is 151 Å². The highest BCUT2D eigenvalue weighted by atomic mass is 32.1. The minimum absolute atomic E-state index is 0.0684. The van der Waals surface area contributed by atoms with E-state index in [0.717, 1.165) is 38.7 Å². The quantitative estimate of drug-likeness (QED) is 0.0182. The van der Waals surface area contributed by atoms with Crippen LogP contribution in [-0.2, 0) is 30.2 Å². The molecule has 0 spiro atoms. The van der Waals surface area contributed by atoms with Gasteiger partial charge in [-0.3, -0.25) is 5.43 Å². The molecule has 1 aromatic heterocycles. The van der Waals surface area contributed by atoms with Gasteiger partial charge in [-0.2, -0.15) is 5.10 Å². The van der Waals surface area contributed by atoms with E-state index < -0.39 is 46.3 Å². The number of esters is 4. The van der Waals surface area contributed by atoms with Gasteiger partial charge in [0.1, 0.15) is 39.7 Å². The van der Waals surface area contributed by atoms with E-state index in [9.17, 15) is 19.2 Å². The van der Waals surface area contributed by atoms with Crippen molar-refractivity contribution in [2.45, 2.75) is 97.1 Å². The van der Waals surface area contributed by atoms with E-state index in [-0.39, 0.29) is 17.9 Å². The average molecular weight is 940 g/mol. The number of hydrogen-bond acceptors (Lipinski definition) is 14. The first-order chi connectivity index (χ1) is 32.1. The molecule has 0 saturated heterocycles. The molecule has 14 heteroatoms. The molecule has 0 amide bonds. The fourth-order valence-corrected chi connectivity index (χ4v) is 8.93. The van der Waals surface area contributed by atoms with Crippen LogP contribution in [0.1, 0.15) is 100 Å². The molecule has 354 valence electrons. The molecule has 6 rings (SSSR count). The first-order valence-electron chi connectivity index (χ1n) is 22.0. The van der Waals surface area contributed by atoms with E-state index in [2.05, 4.69) is 29.8 Å². The number of nitrogens with zero attached hydrogens (tertiary/aromatic N) is 2. The van der Waals surface area contributed by atoms with Crippen molar-refractivity contribution in [3.8, 4) is 17.2 Å². The van der Waals surface area contributed by atoms with Gasteiger partial charge in [0.2, 0.25) is 5.13 Å². The van der Waals surface area contributed by atoms with Crippen molar-refractivity contribution in [3.63, 3.8) is 0 Å². The molecule has 1 N–H and O–H groups in total. The molecule has 0 bridgehead atoms. The van der Waals surface area contributed by atoms with Gasteiger partial charge in [-0.1, -0.05) is 60.9 Å². The van der Waals surface area contributed by atoms with Crippen LogP contribution in [0.15, 0.2) is 134 Å². The molecule has 5 aromatic carbocycles. The lowest BCUT2D eigenvalue weighted by atomic mass is 9.92. The summed E-state index contributed by atoms with van der Waals surface area (Å²) in [5, 5.41) is 7.19. The van der Waals surface area contributed by atoms with Crippen LogP contribution in [-0.4, -0.2) is 64.1 Å². The highest BCUT2D eigenvalue weighted by Crippen LogP contribution is 2.33. The maximum absolute atomic E-state index is 13.6. The van der Waals surface area contributed by atoms with Crippen molar-refractivity contribution >= 4 is 67.5 Å². The van der Waals surface area contributed by atoms with Gasteiger partial charge in [0.15, 0.2) is 0 Å². The van der Waals surface area contributed by atoms with E-state index in [0.29, 0.717) is 47.0 Å². The molecule has 0 aliphatic carbocycles. The number of fused-ring (bicyclic) bond motifs is 3. The van der Waals surface area contributed by atoms with E-state index in [1.807, 2.05) is 64.1 Å². The first-order valence-corrected chi connectivity index (χ1v) is 22.8. The molecule has 0 aliphatic heterocycles. The van der Waals surface area contributed by atoms with Crippen LogP contribution >= 0.6 is 11.3 Å². The Morgan fingerprint density at radius 2 is 1.24 bits per heavy atom. The van der Waals surface area contributed by atoms with Gasteiger partial charge in [-0.05, 0) is 133 Å². The minimum atomic E-state index is -0.813. The van der Waals surface area contributed by atoms with Gasteiger partial charge < -0.3 is 28.4 Å². The third-order valence-electron chi connectivity index (χ3n) is 10.3. The third kappa shape index (κ3) is 14.1. The second kappa shape index (κ2) is 21.1. The Bertz CT molecular complexity index is 2840. The number of carbonyl (C=O) groups excluding carboxylic acids is 4. The molecule has 0 saturated carbocycles. The van der Waals surface area contributed by atoms with Gasteiger partial charge >= 0.3 is 23.9 Å². The van der Waals surface area contributed by atoms with Crippen LogP contribution in [0.5, 0.6) is 17.2 Å². The molecule has 0 fully saturated rings. The number of benzene rings is 5. The summed E-state index contributed by atoms with van der Waals surface area (Å²) >= 11 is 1.46. The lowest BCUT2D eigenvalue weighted by Crippen LogP contribution is -2.40. The molecular weight excluding hydrogens is 883 g/mol. The number of aromatic nitrogens is 1. The number of hydrazone groups is 1. The fraction of sp³-hybridized carbons (Fsp3) is 0.296. The monoisotopic (exact) mass is 939 g/mol. The molecule has 13 nitrogen and oxygen atoms in total. The van der Waals surface area contributed by atoms with Crippen LogP contribution in [0.3, 0.4) is 0 Å². The number of ether oxygens (including phenoxy) is 6. The SMILES string of the molecule is C=CC(=O)OC(C)(C)CC(C)(C)Oc1ccc(C(=O)OCCc2ccc(OC(=O)c3ccc(OC(C)(C)CC(C)(C)OC(=O)C=C)cc3)c(/C=N/Nc3nc4c(ccc5ccccc54)s3)c2)cc1. The van der Waals surface area contributed by atoms with Crippen LogP contribution in [0.25, 0.3) is 21.0 Å². The zero-order chi connectivity index (χ0) is 49.3. The van der Waals surface area contributed by atoms with Crippen molar-refractivity contribution in [2.24, 2.45) is 5.10 Å². The van der Waals surface area contributed by atoms with Crippen molar-refractivity contribution in [1.82, 2.24) is 4.98 Å². The summed E-state index contributed by atoms with van der Waals surface area (Å²) in [6.07, 6.45) is 4.95. The Labute approximate surface area is 400 Å². The normalized spacial score (nSPS) is 12.1. The van der Waals surface area contributed by atoms with Gasteiger partial charge in [0.25, 0.3) is 0 Å². The molecule has 6 aromatic rings. The first kappa shape index (κ1) is 50.1. The van der Waals surface area contributed by atoms with Crippen molar-refractivity contribution in [2.75, 3.05) is 12.0 Å². The lowest BCUT2D eigenvalue weighted by molar-refractivity contribution is -0.155. The van der Waals surface area contributed by atoms with Crippen LogP contribution in [0.2, 0.25) is 0 Å². The Morgan fingerprint density at radius 1 is 0.676 bits per heavy atom. The largest absolute Gasteiger partial charge is 0.488 e. The molecular formula is C54H57N3O10S. The Morgan fingerprint density at radius 3 is 1.81 bits per heavy atom. The fourth-order valence-electron chi connectivity index (χ4n) is 8.10. The van der Waals surface area contributed by atoms with Gasteiger partial charge in [0.05, 0.1) is 34.2 Å². The summed E-state index contributed by atoms with van der Waals surface area (Å²) in [5.41, 5.74) is 2.79. The van der Waals surface area contributed by atoms with E-state index in [1.54, 1.807) is 94.6 Å². The smallest absolute Gasteiger partial charge is 0.343 e. The summed E-state index contributed by atoms with van der Waals surface area (Å²) in [4.78, 5) is 55.1. The summed E-state index contributed by atoms with van der Waals surface area (Å²) in [6, 6.07) is 30.6. The number of nitrogens with one attached hydrogen (secondary N) is 1. The van der Waals surface area contributed by atoms with Crippen LogP contribution in [0, 0.1) is 0 Å². The molecule has 0 aliphatic rings. The Kier molecular flexibility index (Phi) is 15.5. The van der Waals surface area contributed by atoms with Crippen molar-refractivity contribution < 1.29 is 47.6 Å².